The van der Waals surface area contributed by atoms with E-state index < -0.39 is 0 Å². The van der Waals surface area contributed by atoms with Crippen LogP contribution in [0, 0.1) is 0 Å². The van der Waals surface area contributed by atoms with Crippen molar-refractivity contribution in [3.05, 3.63) is 54.9 Å². The van der Waals surface area contributed by atoms with Gasteiger partial charge in [0, 0.05) is 26.1 Å². The van der Waals surface area contributed by atoms with Gasteiger partial charge in [0.25, 0.3) is 0 Å². The lowest BCUT2D eigenvalue weighted by molar-refractivity contribution is -0.116. The molecule has 0 spiro atoms. The molecule has 1 aliphatic heterocycles. The van der Waals surface area contributed by atoms with Gasteiger partial charge in [0.05, 0.1) is 41.9 Å². The number of carbonyl (C=O) groups is 1. The van der Waals surface area contributed by atoms with Gasteiger partial charge < -0.3 is 19.5 Å². The zero-order valence-corrected chi connectivity index (χ0v) is 14.6. The Morgan fingerprint density at radius 2 is 1.85 bits per heavy atom. The number of fused-ring (bicyclic) bond motifs is 1. The van der Waals surface area contributed by atoms with E-state index in [1.54, 1.807) is 6.33 Å². The van der Waals surface area contributed by atoms with Gasteiger partial charge in [-0.15, -0.1) is 0 Å². The first-order valence-corrected chi connectivity index (χ1v) is 8.93. The van der Waals surface area contributed by atoms with Crippen molar-refractivity contribution in [2.24, 2.45) is 0 Å². The van der Waals surface area contributed by atoms with Crippen LogP contribution in [0.5, 0.6) is 0 Å². The molecule has 3 aromatic rings. The Kier molecular flexibility index (Phi) is 4.84. The SMILES string of the molecule is O=C(CCn1cnc2ccccc21)Nc1ccccc1N1CCOCC1. The summed E-state index contributed by atoms with van der Waals surface area (Å²) in [6.07, 6.45) is 2.19. The van der Waals surface area contributed by atoms with Gasteiger partial charge >= 0.3 is 0 Å². The minimum Gasteiger partial charge on any atom is -0.378 e. The maximum Gasteiger partial charge on any atom is 0.226 e. The fourth-order valence-corrected chi connectivity index (χ4v) is 3.28. The zero-order valence-electron chi connectivity index (χ0n) is 14.6. The van der Waals surface area contributed by atoms with E-state index in [1.165, 1.54) is 0 Å². The van der Waals surface area contributed by atoms with Gasteiger partial charge in [-0.3, -0.25) is 4.79 Å². The third kappa shape index (κ3) is 3.55. The molecule has 1 N–H and O–H groups in total. The number of nitrogens with zero attached hydrogens (tertiary/aromatic N) is 3. The van der Waals surface area contributed by atoms with Crippen LogP contribution in [0.4, 0.5) is 11.4 Å². The highest BCUT2D eigenvalue weighted by atomic mass is 16.5. The maximum absolute atomic E-state index is 12.5. The van der Waals surface area contributed by atoms with Crippen LogP contribution in [-0.2, 0) is 16.1 Å². The molecule has 0 atom stereocenters. The number of ether oxygens (including phenoxy) is 1. The molecule has 26 heavy (non-hydrogen) atoms. The lowest BCUT2D eigenvalue weighted by Crippen LogP contribution is -2.36. The fourth-order valence-electron chi connectivity index (χ4n) is 3.28. The number of morpholine rings is 1. The van der Waals surface area contributed by atoms with E-state index in [0.29, 0.717) is 13.0 Å². The number of hydrogen-bond acceptors (Lipinski definition) is 4. The Morgan fingerprint density at radius 3 is 2.73 bits per heavy atom. The first-order valence-electron chi connectivity index (χ1n) is 8.93. The quantitative estimate of drug-likeness (QED) is 0.769. The summed E-state index contributed by atoms with van der Waals surface area (Å²) in [5, 5.41) is 3.06. The number of para-hydroxylation sites is 4. The van der Waals surface area contributed by atoms with Gasteiger partial charge in [0.1, 0.15) is 0 Å². The van der Waals surface area contributed by atoms with Gasteiger partial charge in [-0.1, -0.05) is 24.3 Å². The second-order valence-corrected chi connectivity index (χ2v) is 6.34. The van der Waals surface area contributed by atoms with Gasteiger partial charge in [0.2, 0.25) is 5.91 Å². The molecule has 6 nitrogen and oxygen atoms in total. The molecule has 0 aliphatic carbocycles. The highest BCUT2D eigenvalue weighted by molar-refractivity contribution is 5.94. The first kappa shape index (κ1) is 16.6. The predicted octanol–water partition coefficient (Wildman–Crippen LogP) is 2.90. The summed E-state index contributed by atoms with van der Waals surface area (Å²) in [4.78, 5) is 19.1. The van der Waals surface area contributed by atoms with Crippen molar-refractivity contribution in [1.29, 1.82) is 0 Å². The molecule has 0 radical (unpaired) electrons. The van der Waals surface area contributed by atoms with E-state index >= 15 is 0 Å². The van der Waals surface area contributed by atoms with E-state index in [-0.39, 0.29) is 5.91 Å². The minimum absolute atomic E-state index is 0.00323. The number of imidazole rings is 1. The molecule has 1 amide bonds. The minimum atomic E-state index is 0.00323. The van der Waals surface area contributed by atoms with E-state index in [9.17, 15) is 4.79 Å². The lowest BCUT2D eigenvalue weighted by Gasteiger charge is -2.30. The molecular weight excluding hydrogens is 328 g/mol. The van der Waals surface area contributed by atoms with E-state index in [4.69, 9.17) is 4.74 Å². The normalized spacial score (nSPS) is 14.5. The second-order valence-electron chi connectivity index (χ2n) is 6.34. The standard InChI is InChI=1S/C20H22N4O2/c25-20(9-10-24-15-21-16-5-1-3-7-18(16)24)22-17-6-2-4-8-19(17)23-11-13-26-14-12-23/h1-8,15H,9-14H2,(H,22,25). The van der Waals surface area contributed by atoms with Gasteiger partial charge in [-0.05, 0) is 24.3 Å². The summed E-state index contributed by atoms with van der Waals surface area (Å²) in [6, 6.07) is 15.9. The number of anilines is 2. The van der Waals surface area contributed by atoms with E-state index in [0.717, 1.165) is 48.7 Å². The summed E-state index contributed by atoms with van der Waals surface area (Å²) in [5.41, 5.74) is 3.91. The van der Waals surface area contributed by atoms with Gasteiger partial charge in [-0.2, -0.15) is 0 Å². The number of amides is 1. The van der Waals surface area contributed by atoms with Crippen molar-refractivity contribution in [3.8, 4) is 0 Å². The van der Waals surface area contributed by atoms with Crippen LogP contribution in [0.15, 0.2) is 54.9 Å². The molecule has 6 heteroatoms. The van der Waals surface area contributed by atoms with Crippen LogP contribution in [0.2, 0.25) is 0 Å². The number of hydrogen-bond donors (Lipinski definition) is 1. The zero-order chi connectivity index (χ0) is 17.8. The third-order valence-electron chi connectivity index (χ3n) is 4.64. The Labute approximate surface area is 152 Å². The van der Waals surface area contributed by atoms with Crippen molar-refractivity contribution in [1.82, 2.24) is 9.55 Å². The summed E-state index contributed by atoms with van der Waals surface area (Å²) >= 11 is 0. The third-order valence-corrected chi connectivity index (χ3v) is 4.64. The van der Waals surface area contributed by atoms with Crippen molar-refractivity contribution < 1.29 is 9.53 Å². The van der Waals surface area contributed by atoms with Crippen LogP contribution in [-0.4, -0.2) is 41.8 Å². The summed E-state index contributed by atoms with van der Waals surface area (Å²) in [5.74, 6) is 0.00323. The fraction of sp³-hybridized carbons (Fsp3) is 0.300. The van der Waals surface area contributed by atoms with Crippen molar-refractivity contribution in [2.75, 3.05) is 36.5 Å². The lowest BCUT2D eigenvalue weighted by atomic mass is 10.2. The van der Waals surface area contributed by atoms with Crippen molar-refractivity contribution in [2.45, 2.75) is 13.0 Å². The molecular formula is C20H22N4O2. The molecule has 0 saturated carbocycles. The molecule has 1 aromatic heterocycles. The predicted molar refractivity (Wildman–Crippen MR) is 102 cm³/mol. The van der Waals surface area contributed by atoms with Crippen molar-refractivity contribution >= 4 is 28.3 Å². The first-order chi connectivity index (χ1) is 12.8. The van der Waals surface area contributed by atoms with Gasteiger partial charge in [0.15, 0.2) is 0 Å². The molecule has 2 aromatic carbocycles. The molecule has 0 unspecified atom stereocenters. The highest BCUT2D eigenvalue weighted by Crippen LogP contribution is 2.26. The van der Waals surface area contributed by atoms with Crippen LogP contribution >= 0.6 is 0 Å². The molecule has 134 valence electrons. The Balaban J connectivity index is 1.42. The van der Waals surface area contributed by atoms with E-state index in [1.807, 2.05) is 53.1 Å². The van der Waals surface area contributed by atoms with Gasteiger partial charge in [-0.25, -0.2) is 4.98 Å². The average molecular weight is 350 g/mol. The Hall–Kier alpha value is -2.86. The summed E-state index contributed by atoms with van der Waals surface area (Å²) < 4.78 is 7.44. The topological polar surface area (TPSA) is 59.4 Å². The number of aryl methyl sites for hydroxylation is 1. The number of nitrogens with one attached hydrogen (secondary N) is 1. The molecule has 1 aliphatic rings. The number of rotatable bonds is 5. The van der Waals surface area contributed by atoms with E-state index in [2.05, 4.69) is 15.2 Å². The number of benzene rings is 2. The molecule has 4 rings (SSSR count). The van der Waals surface area contributed by atoms with Crippen LogP contribution in [0.25, 0.3) is 11.0 Å². The second kappa shape index (κ2) is 7.58. The number of aromatic nitrogens is 2. The average Bonchev–Trinajstić information content (AvgIpc) is 3.11. The Morgan fingerprint density at radius 1 is 1.08 bits per heavy atom. The van der Waals surface area contributed by atoms with Crippen LogP contribution in [0.1, 0.15) is 6.42 Å². The molecule has 1 fully saturated rings. The highest BCUT2D eigenvalue weighted by Gasteiger charge is 2.15. The molecule has 0 bridgehead atoms. The molecule has 2 heterocycles. The van der Waals surface area contributed by atoms with Crippen LogP contribution < -0.4 is 10.2 Å². The molecule has 1 saturated heterocycles. The van der Waals surface area contributed by atoms with Crippen LogP contribution in [0.3, 0.4) is 0 Å². The largest absolute Gasteiger partial charge is 0.378 e. The van der Waals surface area contributed by atoms with Crippen molar-refractivity contribution in [3.63, 3.8) is 0 Å². The summed E-state index contributed by atoms with van der Waals surface area (Å²) in [7, 11) is 0. The maximum atomic E-state index is 12.5. The Bertz CT molecular complexity index is 899. The smallest absolute Gasteiger partial charge is 0.226 e. The monoisotopic (exact) mass is 350 g/mol. The number of carbonyl (C=O) groups excluding carboxylic acids is 1. The summed E-state index contributed by atoms with van der Waals surface area (Å²) in [6.45, 7) is 3.72.